The second kappa shape index (κ2) is 12.6. The quantitative estimate of drug-likeness (QED) is 0.198. The molecule has 1 atom stereocenters. The van der Waals surface area contributed by atoms with Gasteiger partial charge in [-0.3, -0.25) is 29.4 Å². The molecule has 1 fully saturated rings. The summed E-state index contributed by atoms with van der Waals surface area (Å²) in [6.07, 6.45) is 0.189. The second-order valence-corrected chi connectivity index (χ2v) is 16.0. The zero-order valence-corrected chi connectivity index (χ0v) is 25.7. The molecule has 1 saturated heterocycles. The molecular formula is C33H37N3O6Si. The number of ether oxygens (including phenoxy) is 1. The van der Waals surface area contributed by atoms with Crippen LogP contribution < -0.4 is 21.0 Å². The van der Waals surface area contributed by atoms with Crippen molar-refractivity contribution in [3.05, 3.63) is 90.0 Å². The highest BCUT2D eigenvalue weighted by Crippen LogP contribution is 2.37. The van der Waals surface area contributed by atoms with Crippen molar-refractivity contribution in [1.29, 1.82) is 0 Å². The first-order valence-electron chi connectivity index (χ1n) is 14.6. The molecule has 224 valence electrons. The SMILES string of the molecule is CC(C)(C)[Si](OCCOCCNc1cccc2c1C(=O)N(C1CCC(=O)NC1=O)C2=O)(c1ccccc1)c1ccccc1. The Morgan fingerprint density at radius 2 is 1.49 bits per heavy atom. The highest BCUT2D eigenvalue weighted by molar-refractivity contribution is 6.99. The first kappa shape index (κ1) is 30.3. The van der Waals surface area contributed by atoms with Crippen LogP contribution in [0.4, 0.5) is 5.69 Å². The standard InChI is InChI=1S/C33H37N3O6Si/c1-33(2,3)43(23-11-6-4-7-12-23,24-13-8-5-9-14-24)42-22-21-41-20-19-34-26-16-10-15-25-29(26)32(40)36(31(25)39)27-17-18-28(37)35-30(27)38/h4-16,27,34H,17-22H2,1-3H3,(H,35,37,38). The molecule has 0 saturated carbocycles. The predicted molar refractivity (Wildman–Crippen MR) is 166 cm³/mol. The van der Waals surface area contributed by atoms with Crippen molar-refractivity contribution in [2.45, 2.75) is 44.7 Å². The van der Waals surface area contributed by atoms with E-state index in [0.717, 1.165) is 4.90 Å². The Morgan fingerprint density at radius 3 is 2.09 bits per heavy atom. The molecule has 9 nitrogen and oxygen atoms in total. The van der Waals surface area contributed by atoms with Crippen LogP contribution in [0.3, 0.4) is 0 Å². The van der Waals surface area contributed by atoms with Crippen LogP contribution in [0, 0.1) is 0 Å². The van der Waals surface area contributed by atoms with E-state index in [1.807, 2.05) is 12.1 Å². The number of nitrogens with zero attached hydrogens (tertiary/aromatic N) is 1. The first-order valence-corrected chi connectivity index (χ1v) is 16.5. The minimum absolute atomic E-state index is 0.0754. The number of hydrogen-bond acceptors (Lipinski definition) is 7. The maximum absolute atomic E-state index is 13.3. The van der Waals surface area contributed by atoms with Crippen LogP contribution in [-0.2, 0) is 18.8 Å². The van der Waals surface area contributed by atoms with Gasteiger partial charge in [-0.25, -0.2) is 0 Å². The number of hydrogen-bond donors (Lipinski definition) is 2. The van der Waals surface area contributed by atoms with Gasteiger partial charge in [0.05, 0.1) is 30.9 Å². The molecule has 2 aliphatic rings. The lowest BCUT2D eigenvalue weighted by atomic mass is 10.0. The van der Waals surface area contributed by atoms with E-state index in [-0.39, 0.29) is 29.0 Å². The average molecular weight is 600 g/mol. The highest BCUT2D eigenvalue weighted by Gasteiger charge is 2.50. The van der Waals surface area contributed by atoms with Gasteiger partial charge in [-0.1, -0.05) is 87.5 Å². The van der Waals surface area contributed by atoms with Gasteiger partial charge >= 0.3 is 0 Å². The van der Waals surface area contributed by atoms with Gasteiger partial charge in [0, 0.05) is 18.7 Å². The van der Waals surface area contributed by atoms with Crippen molar-refractivity contribution in [2.75, 3.05) is 31.7 Å². The molecule has 10 heteroatoms. The summed E-state index contributed by atoms with van der Waals surface area (Å²) in [5.74, 6) is -2.11. The summed E-state index contributed by atoms with van der Waals surface area (Å²) < 4.78 is 12.8. The van der Waals surface area contributed by atoms with E-state index in [0.29, 0.717) is 32.1 Å². The summed E-state index contributed by atoms with van der Waals surface area (Å²) in [7, 11) is -2.64. The maximum Gasteiger partial charge on any atom is 0.264 e. The van der Waals surface area contributed by atoms with Crippen LogP contribution in [0.15, 0.2) is 78.9 Å². The molecule has 4 amide bonds. The van der Waals surface area contributed by atoms with Gasteiger partial charge in [0.2, 0.25) is 11.8 Å². The van der Waals surface area contributed by atoms with Gasteiger partial charge in [-0.05, 0) is 34.0 Å². The number of carbonyl (C=O) groups is 4. The van der Waals surface area contributed by atoms with Gasteiger partial charge in [0.25, 0.3) is 20.1 Å². The van der Waals surface area contributed by atoms with E-state index >= 15 is 0 Å². The number of fused-ring (bicyclic) bond motifs is 1. The fraction of sp³-hybridized carbons (Fsp3) is 0.333. The Labute approximate surface area is 252 Å². The van der Waals surface area contributed by atoms with Crippen LogP contribution in [-0.4, -0.2) is 69.3 Å². The molecule has 0 bridgehead atoms. The van der Waals surface area contributed by atoms with E-state index in [4.69, 9.17) is 9.16 Å². The van der Waals surface area contributed by atoms with Gasteiger partial charge in [0.15, 0.2) is 0 Å². The largest absolute Gasteiger partial charge is 0.405 e. The number of anilines is 1. The van der Waals surface area contributed by atoms with Crippen molar-refractivity contribution < 1.29 is 28.3 Å². The summed E-state index contributed by atoms with van der Waals surface area (Å²) in [5.41, 5.74) is 0.962. The molecule has 3 aromatic carbocycles. The smallest absolute Gasteiger partial charge is 0.264 e. The van der Waals surface area contributed by atoms with Crippen molar-refractivity contribution >= 4 is 48.0 Å². The fourth-order valence-corrected chi connectivity index (χ4v) is 10.6. The van der Waals surface area contributed by atoms with Crippen LogP contribution >= 0.6 is 0 Å². The molecule has 0 spiro atoms. The lowest BCUT2D eigenvalue weighted by molar-refractivity contribution is -0.136. The summed E-state index contributed by atoms with van der Waals surface area (Å²) in [4.78, 5) is 51.3. The number of amides is 4. The summed E-state index contributed by atoms with van der Waals surface area (Å²) in [6.45, 7) is 8.26. The number of piperidine rings is 1. The highest BCUT2D eigenvalue weighted by atomic mass is 28.4. The Hall–Kier alpha value is -4.12. The van der Waals surface area contributed by atoms with Crippen LogP contribution in [0.1, 0.15) is 54.3 Å². The van der Waals surface area contributed by atoms with Crippen LogP contribution in [0.5, 0.6) is 0 Å². The number of nitrogens with one attached hydrogen (secondary N) is 2. The molecule has 2 aliphatic heterocycles. The third-order valence-electron chi connectivity index (χ3n) is 7.99. The lowest BCUT2D eigenvalue weighted by Gasteiger charge is -2.43. The molecule has 5 rings (SSSR count). The zero-order chi connectivity index (χ0) is 30.6. The molecule has 2 heterocycles. The minimum atomic E-state index is -2.64. The van der Waals surface area contributed by atoms with Crippen LogP contribution in [0.25, 0.3) is 0 Å². The Kier molecular flexibility index (Phi) is 8.91. The van der Waals surface area contributed by atoms with E-state index < -0.39 is 38.0 Å². The molecule has 1 unspecified atom stereocenters. The predicted octanol–water partition coefficient (Wildman–Crippen LogP) is 3.09. The number of benzene rings is 3. The fourth-order valence-electron chi connectivity index (χ4n) is 6.04. The van der Waals surface area contributed by atoms with Crippen molar-refractivity contribution in [2.24, 2.45) is 0 Å². The van der Waals surface area contributed by atoms with Crippen molar-refractivity contribution in [3.8, 4) is 0 Å². The van der Waals surface area contributed by atoms with Crippen molar-refractivity contribution in [3.63, 3.8) is 0 Å². The monoisotopic (exact) mass is 599 g/mol. The van der Waals surface area contributed by atoms with Gasteiger partial charge in [-0.2, -0.15) is 0 Å². The number of imide groups is 2. The van der Waals surface area contributed by atoms with E-state index in [1.54, 1.807) is 18.2 Å². The maximum atomic E-state index is 13.3. The molecule has 43 heavy (non-hydrogen) atoms. The molecule has 0 aromatic heterocycles. The van der Waals surface area contributed by atoms with Crippen molar-refractivity contribution in [1.82, 2.24) is 10.2 Å². The topological polar surface area (TPSA) is 114 Å². The summed E-state index contributed by atoms with van der Waals surface area (Å²) >= 11 is 0. The van der Waals surface area contributed by atoms with Crippen LogP contribution in [0.2, 0.25) is 5.04 Å². The number of carbonyl (C=O) groups excluding carboxylic acids is 4. The van der Waals surface area contributed by atoms with Gasteiger partial charge < -0.3 is 14.5 Å². The summed E-state index contributed by atoms with van der Waals surface area (Å²) in [5, 5.41) is 7.71. The lowest BCUT2D eigenvalue weighted by Crippen LogP contribution is -2.66. The first-order chi connectivity index (χ1) is 20.6. The molecule has 0 radical (unpaired) electrons. The Bertz CT molecular complexity index is 1470. The zero-order valence-electron chi connectivity index (χ0n) is 24.7. The second-order valence-electron chi connectivity index (χ2n) is 11.7. The summed E-state index contributed by atoms with van der Waals surface area (Å²) in [6, 6.07) is 24.9. The minimum Gasteiger partial charge on any atom is -0.405 e. The Balaban J connectivity index is 1.20. The number of rotatable bonds is 11. The molecule has 3 aromatic rings. The van der Waals surface area contributed by atoms with E-state index in [2.05, 4.69) is 79.9 Å². The normalized spacial score (nSPS) is 17.2. The Morgan fingerprint density at radius 1 is 0.837 bits per heavy atom. The van der Waals surface area contributed by atoms with E-state index in [1.165, 1.54) is 10.4 Å². The molecule has 2 N–H and O–H groups in total. The third-order valence-corrected chi connectivity index (χ3v) is 13.0. The average Bonchev–Trinajstić information content (AvgIpc) is 3.24. The molecular weight excluding hydrogens is 562 g/mol. The van der Waals surface area contributed by atoms with Gasteiger partial charge in [0.1, 0.15) is 6.04 Å². The van der Waals surface area contributed by atoms with Gasteiger partial charge in [-0.15, -0.1) is 0 Å². The third kappa shape index (κ3) is 5.90. The van der Waals surface area contributed by atoms with E-state index in [9.17, 15) is 19.2 Å². The molecule has 0 aliphatic carbocycles.